The molecule has 1 fully saturated rings. The van der Waals surface area contributed by atoms with Crippen molar-refractivity contribution in [3.63, 3.8) is 0 Å². The normalized spacial score (nSPS) is 18.5. The summed E-state index contributed by atoms with van der Waals surface area (Å²) in [6.07, 6.45) is 0.630. The zero-order valence-electron chi connectivity index (χ0n) is 12.4. The molecule has 6 nitrogen and oxygen atoms in total. The van der Waals surface area contributed by atoms with Gasteiger partial charge in [0.05, 0.1) is 24.2 Å². The summed E-state index contributed by atoms with van der Waals surface area (Å²) in [7, 11) is -3.38. The highest BCUT2D eigenvalue weighted by Crippen LogP contribution is 2.31. The highest BCUT2D eigenvalue weighted by molar-refractivity contribution is 7.93. The summed E-state index contributed by atoms with van der Waals surface area (Å²) in [6, 6.07) is 5.07. The molecule has 118 valence electrons. The van der Waals surface area contributed by atoms with Crippen LogP contribution >= 0.6 is 0 Å². The summed E-state index contributed by atoms with van der Waals surface area (Å²) in [5.74, 6) is 1.16. The minimum atomic E-state index is -3.38. The average molecular weight is 314 g/mol. The average Bonchev–Trinajstić information content (AvgIpc) is 2.97. The molecule has 0 radical (unpaired) electrons. The van der Waals surface area contributed by atoms with Gasteiger partial charge in [-0.1, -0.05) is 0 Å². The molecule has 1 saturated heterocycles. The molecule has 1 aromatic carbocycles. The van der Waals surface area contributed by atoms with Gasteiger partial charge in [0.25, 0.3) is 0 Å². The monoisotopic (exact) mass is 314 g/mol. The van der Waals surface area contributed by atoms with Gasteiger partial charge in [0.2, 0.25) is 10.0 Å². The van der Waals surface area contributed by atoms with Crippen molar-refractivity contribution in [2.75, 3.05) is 31.0 Å². The minimum absolute atomic E-state index is 0.389. The first-order valence-corrected chi connectivity index (χ1v) is 8.73. The van der Waals surface area contributed by atoms with E-state index < -0.39 is 10.0 Å². The number of hydrogen-bond acceptors (Lipinski definition) is 5. The van der Waals surface area contributed by atoms with E-state index in [0.29, 0.717) is 43.4 Å². The SMILES string of the molecule is CCOc1ccc(NS(=O)(=O)C2CCNC2)cc1OCC. The molecule has 0 saturated carbocycles. The predicted octanol–water partition coefficient (Wildman–Crippen LogP) is 1.59. The molecule has 7 heteroatoms. The molecule has 2 rings (SSSR count). The topological polar surface area (TPSA) is 76.7 Å². The Hall–Kier alpha value is -1.47. The van der Waals surface area contributed by atoms with Gasteiger partial charge in [-0.25, -0.2) is 8.42 Å². The molecule has 2 N–H and O–H groups in total. The molecule has 0 aromatic heterocycles. The van der Waals surface area contributed by atoms with Gasteiger partial charge in [-0.3, -0.25) is 4.72 Å². The van der Waals surface area contributed by atoms with Crippen molar-refractivity contribution < 1.29 is 17.9 Å². The van der Waals surface area contributed by atoms with Crippen LogP contribution in [0.4, 0.5) is 5.69 Å². The van der Waals surface area contributed by atoms with E-state index in [9.17, 15) is 8.42 Å². The van der Waals surface area contributed by atoms with Crippen LogP contribution < -0.4 is 19.5 Å². The van der Waals surface area contributed by atoms with Crippen molar-refractivity contribution in [3.8, 4) is 11.5 Å². The summed E-state index contributed by atoms with van der Waals surface area (Å²) in [5, 5.41) is 2.67. The minimum Gasteiger partial charge on any atom is -0.490 e. The zero-order chi connectivity index (χ0) is 15.3. The van der Waals surface area contributed by atoms with Crippen LogP contribution in [0.15, 0.2) is 18.2 Å². The molecule has 1 aromatic rings. The van der Waals surface area contributed by atoms with Crippen LogP contribution in [-0.2, 0) is 10.0 Å². The van der Waals surface area contributed by atoms with Crippen LogP contribution in [0.2, 0.25) is 0 Å². The Bertz CT molecular complexity index is 568. The van der Waals surface area contributed by atoms with Gasteiger partial charge >= 0.3 is 0 Å². The molecule has 1 aliphatic heterocycles. The Morgan fingerprint density at radius 1 is 1.24 bits per heavy atom. The number of nitrogens with one attached hydrogen (secondary N) is 2. The van der Waals surface area contributed by atoms with Gasteiger partial charge < -0.3 is 14.8 Å². The summed E-state index contributed by atoms with van der Waals surface area (Å²) >= 11 is 0. The van der Waals surface area contributed by atoms with Gasteiger partial charge in [-0.15, -0.1) is 0 Å². The fourth-order valence-corrected chi connectivity index (χ4v) is 3.64. The molecule has 1 aliphatic rings. The Labute approximate surface area is 125 Å². The fraction of sp³-hybridized carbons (Fsp3) is 0.571. The largest absolute Gasteiger partial charge is 0.490 e. The molecule has 0 aliphatic carbocycles. The second kappa shape index (κ2) is 7.00. The van der Waals surface area contributed by atoms with Gasteiger partial charge in [-0.2, -0.15) is 0 Å². The lowest BCUT2D eigenvalue weighted by molar-refractivity contribution is 0.288. The van der Waals surface area contributed by atoms with Gasteiger partial charge in [0.1, 0.15) is 0 Å². The third-order valence-electron chi connectivity index (χ3n) is 3.26. The van der Waals surface area contributed by atoms with Crippen molar-refractivity contribution in [3.05, 3.63) is 18.2 Å². The Morgan fingerprint density at radius 3 is 2.57 bits per heavy atom. The lowest BCUT2D eigenvalue weighted by Crippen LogP contribution is -2.29. The molecule has 21 heavy (non-hydrogen) atoms. The van der Waals surface area contributed by atoms with Gasteiger partial charge in [0, 0.05) is 12.6 Å². The van der Waals surface area contributed by atoms with Crippen molar-refractivity contribution >= 4 is 15.7 Å². The molecular formula is C14H22N2O4S. The fourth-order valence-electron chi connectivity index (χ4n) is 2.26. The number of anilines is 1. The van der Waals surface area contributed by atoms with Crippen molar-refractivity contribution in [1.82, 2.24) is 5.32 Å². The molecular weight excluding hydrogens is 292 g/mol. The maximum absolute atomic E-state index is 12.3. The second-order valence-corrected chi connectivity index (χ2v) is 6.75. The van der Waals surface area contributed by atoms with Crippen molar-refractivity contribution in [2.45, 2.75) is 25.5 Å². The summed E-state index contributed by atoms with van der Waals surface area (Å²) in [4.78, 5) is 0. The second-order valence-electron chi connectivity index (χ2n) is 4.79. The van der Waals surface area contributed by atoms with E-state index in [0.717, 1.165) is 6.54 Å². The van der Waals surface area contributed by atoms with Crippen LogP contribution in [0.5, 0.6) is 11.5 Å². The first kappa shape index (κ1) is 15.9. The number of hydrogen-bond donors (Lipinski definition) is 2. The number of rotatable bonds is 7. The Morgan fingerprint density at radius 2 is 1.95 bits per heavy atom. The third kappa shape index (κ3) is 4.01. The molecule has 1 heterocycles. The highest BCUT2D eigenvalue weighted by atomic mass is 32.2. The molecule has 0 spiro atoms. The van der Waals surface area contributed by atoms with Crippen LogP contribution in [0, 0.1) is 0 Å². The van der Waals surface area contributed by atoms with Crippen LogP contribution in [0.25, 0.3) is 0 Å². The van der Waals surface area contributed by atoms with Crippen molar-refractivity contribution in [1.29, 1.82) is 0 Å². The number of sulfonamides is 1. The standard InChI is InChI=1S/C14H22N2O4S/c1-3-19-13-6-5-11(9-14(13)20-4-2)16-21(17,18)12-7-8-15-10-12/h5-6,9,12,15-16H,3-4,7-8,10H2,1-2H3. The van der Waals surface area contributed by atoms with Gasteiger partial charge in [0.15, 0.2) is 11.5 Å². The number of benzene rings is 1. The summed E-state index contributed by atoms with van der Waals surface area (Å²) in [6.45, 7) is 6.00. The zero-order valence-corrected chi connectivity index (χ0v) is 13.2. The first-order chi connectivity index (χ1) is 10.1. The third-order valence-corrected chi connectivity index (χ3v) is 5.06. The lowest BCUT2D eigenvalue weighted by Gasteiger charge is -2.15. The summed E-state index contributed by atoms with van der Waals surface area (Å²) < 4.78 is 38.1. The van der Waals surface area contributed by atoms with Crippen LogP contribution in [0.1, 0.15) is 20.3 Å². The molecule has 1 unspecified atom stereocenters. The number of ether oxygens (including phenoxy) is 2. The van der Waals surface area contributed by atoms with Crippen LogP contribution in [0.3, 0.4) is 0 Å². The van der Waals surface area contributed by atoms with E-state index in [4.69, 9.17) is 9.47 Å². The summed E-state index contributed by atoms with van der Waals surface area (Å²) in [5.41, 5.74) is 0.494. The van der Waals surface area contributed by atoms with Gasteiger partial charge in [-0.05, 0) is 38.9 Å². The van der Waals surface area contributed by atoms with Crippen molar-refractivity contribution in [2.24, 2.45) is 0 Å². The molecule has 0 bridgehead atoms. The maximum Gasteiger partial charge on any atom is 0.236 e. The maximum atomic E-state index is 12.3. The van der Waals surface area contributed by atoms with E-state index in [2.05, 4.69) is 10.0 Å². The smallest absolute Gasteiger partial charge is 0.236 e. The van der Waals surface area contributed by atoms with E-state index in [1.807, 2.05) is 13.8 Å². The quantitative estimate of drug-likeness (QED) is 0.799. The highest BCUT2D eigenvalue weighted by Gasteiger charge is 2.28. The van der Waals surface area contributed by atoms with E-state index in [1.54, 1.807) is 18.2 Å². The molecule has 1 atom stereocenters. The molecule has 0 amide bonds. The first-order valence-electron chi connectivity index (χ1n) is 7.18. The lowest BCUT2D eigenvalue weighted by atomic mass is 10.3. The predicted molar refractivity (Wildman–Crippen MR) is 82.6 cm³/mol. The van der Waals surface area contributed by atoms with Crippen LogP contribution in [-0.4, -0.2) is 40.0 Å². The Balaban J connectivity index is 2.17. The van der Waals surface area contributed by atoms with E-state index in [-0.39, 0.29) is 5.25 Å². The van der Waals surface area contributed by atoms with E-state index >= 15 is 0 Å². The Kier molecular flexibility index (Phi) is 5.30. The van der Waals surface area contributed by atoms with E-state index in [1.165, 1.54) is 0 Å².